The Morgan fingerprint density at radius 2 is 1.85 bits per heavy atom. The lowest BCUT2D eigenvalue weighted by molar-refractivity contribution is 0.337. The average molecular weight is 460 g/mol. The number of ether oxygens (including phenoxy) is 1. The molecule has 3 aromatic heterocycles. The molecule has 4 aromatic rings. The molecule has 34 heavy (non-hydrogen) atoms. The van der Waals surface area contributed by atoms with Gasteiger partial charge in [0.1, 0.15) is 22.9 Å². The number of hydrogen-bond donors (Lipinski definition) is 1. The van der Waals surface area contributed by atoms with E-state index in [4.69, 9.17) is 14.7 Å². The monoisotopic (exact) mass is 459 g/mol. The summed E-state index contributed by atoms with van der Waals surface area (Å²) in [4.78, 5) is 14.3. The van der Waals surface area contributed by atoms with Gasteiger partial charge in [0.15, 0.2) is 11.6 Å². The number of fused-ring (bicyclic) bond motifs is 1. The van der Waals surface area contributed by atoms with Gasteiger partial charge < -0.3 is 14.6 Å². The number of nitrogens with one attached hydrogen (secondary N) is 1. The fourth-order valence-electron chi connectivity index (χ4n) is 3.73. The van der Waals surface area contributed by atoms with Gasteiger partial charge in [0.2, 0.25) is 0 Å². The van der Waals surface area contributed by atoms with Gasteiger partial charge in [0.25, 0.3) is 0 Å². The van der Waals surface area contributed by atoms with Gasteiger partial charge in [-0.2, -0.15) is 0 Å². The molecule has 8 nitrogen and oxygen atoms in total. The fraction of sp³-hybridized carbons (Fsp3) is 0.423. The minimum Gasteiger partial charge on any atom is -0.494 e. The van der Waals surface area contributed by atoms with E-state index in [0.29, 0.717) is 13.0 Å². The zero-order valence-electron chi connectivity index (χ0n) is 21.1. The Hall–Kier alpha value is -3.55. The molecule has 0 amide bonds. The number of anilines is 1. The molecule has 8 heteroatoms. The first-order valence-electron chi connectivity index (χ1n) is 11.6. The van der Waals surface area contributed by atoms with Gasteiger partial charge in [0.05, 0.1) is 6.61 Å². The molecular weight excluding hydrogens is 426 g/mol. The Labute approximate surface area is 200 Å². The van der Waals surface area contributed by atoms with Crippen LogP contribution in [0.4, 0.5) is 5.82 Å². The summed E-state index contributed by atoms with van der Waals surface area (Å²) in [7, 11) is 1.96. The van der Waals surface area contributed by atoms with Crippen LogP contribution in [0.2, 0.25) is 0 Å². The van der Waals surface area contributed by atoms with Gasteiger partial charge in [-0.15, -0.1) is 10.2 Å². The van der Waals surface area contributed by atoms with Crippen molar-refractivity contribution < 1.29 is 4.74 Å². The molecule has 0 bridgehead atoms. The molecule has 0 radical (unpaired) electrons. The van der Waals surface area contributed by atoms with Crippen LogP contribution in [-0.4, -0.2) is 42.9 Å². The Kier molecular flexibility index (Phi) is 6.50. The third kappa shape index (κ3) is 5.16. The van der Waals surface area contributed by atoms with Crippen molar-refractivity contribution in [3.05, 3.63) is 53.4 Å². The molecular formula is C26H33N7O. The number of nitrogens with zero attached hydrogens (tertiary/aromatic N) is 6. The molecule has 4 rings (SSSR count). The van der Waals surface area contributed by atoms with Crippen LogP contribution in [0.15, 0.2) is 30.5 Å². The summed E-state index contributed by atoms with van der Waals surface area (Å²) in [6.45, 7) is 13.9. The van der Waals surface area contributed by atoms with E-state index >= 15 is 0 Å². The molecule has 0 unspecified atom stereocenters. The molecule has 0 saturated heterocycles. The Morgan fingerprint density at radius 1 is 1.06 bits per heavy atom. The summed E-state index contributed by atoms with van der Waals surface area (Å²) >= 11 is 0. The van der Waals surface area contributed by atoms with E-state index in [1.54, 1.807) is 0 Å². The van der Waals surface area contributed by atoms with Gasteiger partial charge in [-0.25, -0.2) is 15.0 Å². The third-order valence-corrected chi connectivity index (χ3v) is 5.60. The van der Waals surface area contributed by atoms with E-state index in [9.17, 15) is 0 Å². The summed E-state index contributed by atoms with van der Waals surface area (Å²) in [5, 5.41) is 12.9. The van der Waals surface area contributed by atoms with Gasteiger partial charge in [-0.05, 0) is 38.3 Å². The zero-order chi connectivity index (χ0) is 24.5. The number of hydrogen-bond acceptors (Lipinski definition) is 7. The maximum absolute atomic E-state index is 5.98. The molecule has 0 saturated carbocycles. The summed E-state index contributed by atoms with van der Waals surface area (Å²) < 4.78 is 7.95. The lowest BCUT2D eigenvalue weighted by atomic mass is 9.97. The molecule has 3 heterocycles. The summed E-state index contributed by atoms with van der Waals surface area (Å²) in [6.07, 6.45) is 2.43. The molecule has 0 spiro atoms. The smallest absolute Gasteiger partial charge is 0.163 e. The molecule has 0 atom stereocenters. The van der Waals surface area contributed by atoms with Crippen LogP contribution in [0.3, 0.4) is 0 Å². The van der Waals surface area contributed by atoms with Crippen LogP contribution in [0.5, 0.6) is 5.75 Å². The van der Waals surface area contributed by atoms with Gasteiger partial charge in [-0.1, -0.05) is 32.9 Å². The van der Waals surface area contributed by atoms with Crippen LogP contribution < -0.4 is 10.1 Å². The quantitative estimate of drug-likeness (QED) is 0.421. The number of aryl methyl sites for hydroxylation is 2. The Bertz CT molecular complexity index is 1320. The maximum Gasteiger partial charge on any atom is 0.163 e. The van der Waals surface area contributed by atoms with E-state index in [0.717, 1.165) is 63.3 Å². The second-order valence-corrected chi connectivity index (χ2v) is 9.81. The minimum absolute atomic E-state index is 0.128. The van der Waals surface area contributed by atoms with E-state index in [2.05, 4.69) is 47.3 Å². The molecule has 178 valence electrons. The number of aromatic nitrogens is 6. The molecule has 0 fully saturated rings. The zero-order valence-corrected chi connectivity index (χ0v) is 21.1. The van der Waals surface area contributed by atoms with Crippen LogP contribution in [0.1, 0.15) is 50.6 Å². The number of rotatable bonds is 7. The van der Waals surface area contributed by atoms with Crippen molar-refractivity contribution in [2.24, 2.45) is 12.5 Å². The SMILES string of the molecule is CCOc1cc(-c2nnc(C)n2C)ccc1Cc1ncc2cc(C)nc(NCC(C)(C)C)c2n1. The molecule has 1 N–H and O–H groups in total. The average Bonchev–Trinajstić information content (AvgIpc) is 3.11. The number of pyridine rings is 1. The van der Waals surface area contributed by atoms with E-state index < -0.39 is 0 Å². The molecule has 0 aliphatic heterocycles. The highest BCUT2D eigenvalue weighted by Crippen LogP contribution is 2.29. The van der Waals surface area contributed by atoms with Crippen LogP contribution in [0.25, 0.3) is 22.3 Å². The molecule has 0 aliphatic rings. The van der Waals surface area contributed by atoms with Crippen molar-refractivity contribution >= 4 is 16.7 Å². The standard InChI is InChI=1S/C26H33N7O/c1-8-34-21-12-19(25-32-31-17(3)33(25)7)10-9-18(21)13-22-27-14-20-11-16(2)29-24(23(20)30-22)28-15-26(4,5)6/h9-12,14H,8,13,15H2,1-7H3,(H,28,29). The summed E-state index contributed by atoms with van der Waals surface area (Å²) in [5.41, 5.74) is 3.89. The predicted octanol–water partition coefficient (Wildman–Crippen LogP) is 4.88. The highest BCUT2D eigenvalue weighted by Gasteiger charge is 2.16. The first kappa shape index (κ1) is 23.6. The summed E-state index contributed by atoms with van der Waals surface area (Å²) in [5.74, 6) is 3.99. The number of benzene rings is 1. The van der Waals surface area contributed by atoms with Crippen LogP contribution in [-0.2, 0) is 13.5 Å². The summed E-state index contributed by atoms with van der Waals surface area (Å²) in [6, 6.07) is 8.14. The highest BCUT2D eigenvalue weighted by atomic mass is 16.5. The van der Waals surface area contributed by atoms with Crippen LogP contribution in [0, 0.1) is 19.3 Å². The first-order valence-corrected chi connectivity index (χ1v) is 11.6. The Morgan fingerprint density at radius 3 is 2.53 bits per heavy atom. The van der Waals surface area contributed by atoms with Crippen molar-refractivity contribution in [1.82, 2.24) is 29.7 Å². The van der Waals surface area contributed by atoms with Gasteiger partial charge in [0, 0.05) is 48.4 Å². The van der Waals surface area contributed by atoms with Crippen molar-refractivity contribution in [2.75, 3.05) is 18.5 Å². The van der Waals surface area contributed by atoms with Gasteiger partial charge in [-0.3, -0.25) is 0 Å². The molecule has 1 aromatic carbocycles. The van der Waals surface area contributed by atoms with Crippen molar-refractivity contribution in [3.8, 4) is 17.1 Å². The Balaban J connectivity index is 1.68. The second-order valence-electron chi connectivity index (χ2n) is 9.81. The van der Waals surface area contributed by atoms with Gasteiger partial charge >= 0.3 is 0 Å². The lowest BCUT2D eigenvalue weighted by Crippen LogP contribution is -2.20. The normalized spacial score (nSPS) is 11.7. The van der Waals surface area contributed by atoms with E-state index in [-0.39, 0.29) is 5.41 Å². The van der Waals surface area contributed by atoms with Crippen molar-refractivity contribution in [1.29, 1.82) is 0 Å². The van der Waals surface area contributed by atoms with E-state index in [1.807, 2.05) is 56.8 Å². The van der Waals surface area contributed by atoms with E-state index in [1.165, 1.54) is 0 Å². The second kappa shape index (κ2) is 9.37. The fourth-order valence-corrected chi connectivity index (χ4v) is 3.73. The predicted molar refractivity (Wildman–Crippen MR) is 135 cm³/mol. The minimum atomic E-state index is 0.128. The molecule has 0 aliphatic carbocycles. The maximum atomic E-state index is 5.98. The highest BCUT2D eigenvalue weighted by molar-refractivity contribution is 5.88. The largest absolute Gasteiger partial charge is 0.494 e. The van der Waals surface area contributed by atoms with Crippen molar-refractivity contribution in [2.45, 2.75) is 48.0 Å². The first-order chi connectivity index (χ1) is 16.1. The topological polar surface area (TPSA) is 90.6 Å². The van der Waals surface area contributed by atoms with Crippen molar-refractivity contribution in [3.63, 3.8) is 0 Å². The van der Waals surface area contributed by atoms with Crippen LogP contribution >= 0.6 is 0 Å². The third-order valence-electron chi connectivity index (χ3n) is 5.60. The lowest BCUT2D eigenvalue weighted by Gasteiger charge is -2.20.